The third kappa shape index (κ3) is 4.14. The second kappa shape index (κ2) is 8.28. The van der Waals surface area contributed by atoms with Gasteiger partial charge in [0.15, 0.2) is 0 Å². The SMILES string of the molecule is COc1cccc([C@H](CNC(=O)c2cccs2)N2CCOCC2)c1. The van der Waals surface area contributed by atoms with Crippen LogP contribution < -0.4 is 10.1 Å². The van der Waals surface area contributed by atoms with Crippen LogP contribution in [-0.4, -0.2) is 50.8 Å². The Kier molecular flexibility index (Phi) is 5.85. The summed E-state index contributed by atoms with van der Waals surface area (Å²) >= 11 is 1.45. The van der Waals surface area contributed by atoms with E-state index < -0.39 is 0 Å². The van der Waals surface area contributed by atoms with Crippen molar-refractivity contribution >= 4 is 17.2 Å². The minimum Gasteiger partial charge on any atom is -0.497 e. The van der Waals surface area contributed by atoms with Gasteiger partial charge in [0.1, 0.15) is 5.75 Å². The molecule has 6 heteroatoms. The van der Waals surface area contributed by atoms with E-state index >= 15 is 0 Å². The van der Waals surface area contributed by atoms with Crippen molar-refractivity contribution in [2.24, 2.45) is 0 Å². The minimum absolute atomic E-state index is 0.0221. The lowest BCUT2D eigenvalue weighted by atomic mass is 10.0. The lowest BCUT2D eigenvalue weighted by molar-refractivity contribution is 0.0162. The maximum absolute atomic E-state index is 12.3. The van der Waals surface area contributed by atoms with Crippen LogP contribution in [0.25, 0.3) is 0 Å². The van der Waals surface area contributed by atoms with Gasteiger partial charge in [0.2, 0.25) is 0 Å². The Labute approximate surface area is 146 Å². The molecule has 1 N–H and O–H groups in total. The molecule has 2 aromatic rings. The zero-order chi connectivity index (χ0) is 16.8. The average Bonchev–Trinajstić information content (AvgIpc) is 3.18. The molecule has 128 valence electrons. The Balaban J connectivity index is 1.75. The van der Waals surface area contributed by atoms with Crippen molar-refractivity contribution in [3.63, 3.8) is 0 Å². The number of nitrogens with one attached hydrogen (secondary N) is 1. The predicted octanol–water partition coefficient (Wildman–Crippen LogP) is 2.56. The normalized spacial score (nSPS) is 16.5. The summed E-state index contributed by atoms with van der Waals surface area (Å²) in [4.78, 5) is 15.4. The average molecular weight is 346 g/mol. The second-order valence-electron chi connectivity index (χ2n) is 5.63. The minimum atomic E-state index is -0.0221. The lowest BCUT2D eigenvalue weighted by Crippen LogP contribution is -2.43. The van der Waals surface area contributed by atoms with Crippen LogP contribution in [0.1, 0.15) is 21.3 Å². The summed E-state index contributed by atoms with van der Waals surface area (Å²) in [6.45, 7) is 3.72. The topological polar surface area (TPSA) is 50.8 Å². The van der Waals surface area contributed by atoms with Crippen LogP contribution in [0.2, 0.25) is 0 Å². The van der Waals surface area contributed by atoms with Gasteiger partial charge in [-0.15, -0.1) is 11.3 Å². The highest BCUT2D eigenvalue weighted by Crippen LogP contribution is 2.25. The number of hydrogen-bond acceptors (Lipinski definition) is 5. The number of morpholine rings is 1. The Morgan fingerprint density at radius 3 is 2.88 bits per heavy atom. The maximum atomic E-state index is 12.3. The van der Waals surface area contributed by atoms with E-state index in [0.29, 0.717) is 6.54 Å². The monoisotopic (exact) mass is 346 g/mol. The summed E-state index contributed by atoms with van der Waals surface area (Å²) in [5.74, 6) is 0.807. The molecule has 1 saturated heterocycles. The number of carbonyl (C=O) groups is 1. The van der Waals surface area contributed by atoms with E-state index in [1.807, 2.05) is 35.7 Å². The molecule has 0 bridgehead atoms. The molecule has 0 spiro atoms. The van der Waals surface area contributed by atoms with Gasteiger partial charge < -0.3 is 14.8 Å². The lowest BCUT2D eigenvalue weighted by Gasteiger charge is -2.35. The Bertz CT molecular complexity index is 654. The van der Waals surface area contributed by atoms with Crippen LogP contribution in [0.4, 0.5) is 0 Å². The molecule has 1 aliphatic rings. The number of thiophene rings is 1. The molecule has 0 aliphatic carbocycles. The molecular weight excluding hydrogens is 324 g/mol. The van der Waals surface area contributed by atoms with Gasteiger partial charge in [-0.2, -0.15) is 0 Å². The summed E-state index contributed by atoms with van der Waals surface area (Å²) in [6.07, 6.45) is 0. The van der Waals surface area contributed by atoms with Crippen molar-refractivity contribution in [1.29, 1.82) is 0 Å². The van der Waals surface area contributed by atoms with Gasteiger partial charge in [-0.1, -0.05) is 18.2 Å². The van der Waals surface area contributed by atoms with Crippen LogP contribution in [0, 0.1) is 0 Å². The first-order chi connectivity index (χ1) is 11.8. The number of benzene rings is 1. The summed E-state index contributed by atoms with van der Waals surface area (Å²) in [7, 11) is 1.67. The quantitative estimate of drug-likeness (QED) is 0.873. The molecule has 1 aliphatic heterocycles. The van der Waals surface area contributed by atoms with E-state index in [2.05, 4.69) is 16.3 Å². The van der Waals surface area contributed by atoms with Crippen molar-refractivity contribution in [3.8, 4) is 5.75 Å². The first kappa shape index (κ1) is 17.0. The van der Waals surface area contributed by atoms with Crippen molar-refractivity contribution in [3.05, 3.63) is 52.2 Å². The van der Waals surface area contributed by atoms with Gasteiger partial charge in [-0.3, -0.25) is 9.69 Å². The molecule has 0 unspecified atom stereocenters. The highest BCUT2D eigenvalue weighted by molar-refractivity contribution is 7.12. The smallest absolute Gasteiger partial charge is 0.261 e. The molecule has 0 radical (unpaired) electrons. The molecule has 1 amide bonds. The number of hydrogen-bond donors (Lipinski definition) is 1. The fourth-order valence-corrected chi connectivity index (χ4v) is 3.52. The third-order valence-corrected chi connectivity index (χ3v) is 5.03. The zero-order valence-electron chi connectivity index (χ0n) is 13.7. The van der Waals surface area contributed by atoms with Gasteiger partial charge in [-0.25, -0.2) is 0 Å². The second-order valence-corrected chi connectivity index (χ2v) is 6.58. The number of methoxy groups -OCH3 is 1. The van der Waals surface area contributed by atoms with E-state index in [1.165, 1.54) is 11.3 Å². The molecule has 3 rings (SSSR count). The Morgan fingerprint density at radius 2 is 2.17 bits per heavy atom. The molecule has 24 heavy (non-hydrogen) atoms. The molecule has 1 aromatic carbocycles. The van der Waals surface area contributed by atoms with Crippen LogP contribution >= 0.6 is 11.3 Å². The van der Waals surface area contributed by atoms with Crippen LogP contribution in [0.5, 0.6) is 5.75 Å². The first-order valence-corrected chi connectivity index (χ1v) is 8.93. The zero-order valence-corrected chi connectivity index (χ0v) is 14.6. The summed E-state index contributed by atoms with van der Waals surface area (Å²) in [5, 5.41) is 4.98. The van der Waals surface area contributed by atoms with Gasteiger partial charge in [0.25, 0.3) is 5.91 Å². The van der Waals surface area contributed by atoms with Crippen LogP contribution in [0.15, 0.2) is 41.8 Å². The van der Waals surface area contributed by atoms with Crippen molar-refractivity contribution < 1.29 is 14.3 Å². The van der Waals surface area contributed by atoms with E-state index in [9.17, 15) is 4.79 Å². The fourth-order valence-electron chi connectivity index (χ4n) is 2.88. The Hall–Kier alpha value is -1.89. The first-order valence-electron chi connectivity index (χ1n) is 8.05. The molecular formula is C18H22N2O3S. The molecule has 1 aromatic heterocycles. The van der Waals surface area contributed by atoms with Gasteiger partial charge >= 0.3 is 0 Å². The van der Waals surface area contributed by atoms with E-state index in [1.54, 1.807) is 7.11 Å². The number of rotatable bonds is 6. The van der Waals surface area contributed by atoms with Crippen LogP contribution in [-0.2, 0) is 4.74 Å². The molecule has 5 nitrogen and oxygen atoms in total. The van der Waals surface area contributed by atoms with E-state index in [4.69, 9.17) is 9.47 Å². The van der Waals surface area contributed by atoms with Gasteiger partial charge in [-0.05, 0) is 29.1 Å². The van der Waals surface area contributed by atoms with Gasteiger partial charge in [0, 0.05) is 19.6 Å². The van der Waals surface area contributed by atoms with Crippen LogP contribution in [0.3, 0.4) is 0 Å². The molecule has 2 heterocycles. The summed E-state index contributed by atoms with van der Waals surface area (Å²) in [5.41, 5.74) is 1.14. The highest BCUT2D eigenvalue weighted by atomic mass is 32.1. The fraction of sp³-hybridized carbons (Fsp3) is 0.389. The summed E-state index contributed by atoms with van der Waals surface area (Å²) < 4.78 is 10.8. The standard InChI is InChI=1S/C18H22N2O3S/c1-22-15-5-2-4-14(12-15)16(20-7-9-23-10-8-20)13-19-18(21)17-6-3-11-24-17/h2-6,11-12,16H,7-10,13H2,1H3,(H,19,21)/t16-/m0/s1. The molecule has 0 saturated carbocycles. The highest BCUT2D eigenvalue weighted by Gasteiger charge is 2.23. The molecule has 1 atom stereocenters. The predicted molar refractivity (Wildman–Crippen MR) is 94.8 cm³/mol. The van der Waals surface area contributed by atoms with Crippen molar-refractivity contribution in [2.75, 3.05) is 40.0 Å². The van der Waals surface area contributed by atoms with E-state index in [-0.39, 0.29) is 11.9 Å². The maximum Gasteiger partial charge on any atom is 0.261 e. The largest absolute Gasteiger partial charge is 0.497 e. The van der Waals surface area contributed by atoms with Crippen molar-refractivity contribution in [2.45, 2.75) is 6.04 Å². The number of carbonyl (C=O) groups excluding carboxylic acids is 1. The summed E-state index contributed by atoms with van der Waals surface area (Å²) in [6, 6.07) is 11.9. The number of ether oxygens (including phenoxy) is 2. The number of amides is 1. The third-order valence-electron chi connectivity index (χ3n) is 4.17. The van der Waals surface area contributed by atoms with Crippen molar-refractivity contribution in [1.82, 2.24) is 10.2 Å². The van der Waals surface area contributed by atoms with Gasteiger partial charge in [0.05, 0.1) is 31.2 Å². The molecule has 1 fully saturated rings. The Morgan fingerprint density at radius 1 is 1.33 bits per heavy atom. The van der Waals surface area contributed by atoms with E-state index in [0.717, 1.165) is 42.5 Å². The number of nitrogens with zero attached hydrogens (tertiary/aromatic N) is 1.